The molecule has 1 heterocycles. The number of hydrogen-bond acceptors (Lipinski definition) is 8. The minimum Gasteiger partial charge on any atom is -0.508 e. The summed E-state index contributed by atoms with van der Waals surface area (Å²) in [6, 6.07) is 2.99. The summed E-state index contributed by atoms with van der Waals surface area (Å²) in [6.45, 7) is -0.626. The van der Waals surface area contributed by atoms with Crippen molar-refractivity contribution >= 4 is 35.5 Å². The number of H-pyrrole nitrogens is 1. The Bertz CT molecular complexity index is 985. The highest BCUT2D eigenvalue weighted by atomic mass is 32.2. The number of aromatic nitrogens is 2. The highest BCUT2D eigenvalue weighted by Crippen LogP contribution is 2.12. The molecule has 0 saturated carbocycles. The number of amides is 3. The van der Waals surface area contributed by atoms with E-state index in [1.165, 1.54) is 24.7 Å². The highest BCUT2D eigenvalue weighted by Gasteiger charge is 2.29. The molecular weight excluding hydrogens is 476 g/mol. The number of carbonyl (C=O) groups excluding carboxylic acids is 3. The second kappa shape index (κ2) is 14.0. The number of imidazole rings is 1. The number of phenolic OH excluding ortho intramolecular Hbond substituents is 1. The van der Waals surface area contributed by atoms with Gasteiger partial charge in [-0.15, -0.1) is 0 Å². The Morgan fingerprint density at radius 1 is 1.06 bits per heavy atom. The number of thioether (sulfide) groups is 1. The summed E-state index contributed by atoms with van der Waals surface area (Å²) in [5.74, 6) is -2.41. The van der Waals surface area contributed by atoms with Crippen LogP contribution >= 0.6 is 11.8 Å². The van der Waals surface area contributed by atoms with E-state index in [1.807, 2.05) is 6.26 Å². The van der Waals surface area contributed by atoms with Gasteiger partial charge in [0.2, 0.25) is 17.7 Å². The molecule has 2 rings (SSSR count). The van der Waals surface area contributed by atoms with Gasteiger partial charge < -0.3 is 36.9 Å². The summed E-state index contributed by atoms with van der Waals surface area (Å²) < 4.78 is 0. The zero-order chi connectivity index (χ0) is 25.8. The number of aromatic amines is 1. The molecule has 3 unspecified atom stereocenters. The van der Waals surface area contributed by atoms with E-state index in [-0.39, 0.29) is 18.6 Å². The van der Waals surface area contributed by atoms with Gasteiger partial charge in [-0.25, -0.2) is 4.98 Å². The van der Waals surface area contributed by atoms with E-state index in [1.54, 1.807) is 23.9 Å². The van der Waals surface area contributed by atoms with E-state index >= 15 is 0 Å². The van der Waals surface area contributed by atoms with Crippen molar-refractivity contribution in [1.82, 2.24) is 25.9 Å². The minimum absolute atomic E-state index is 0.0232. The molecule has 35 heavy (non-hydrogen) atoms. The Balaban J connectivity index is 2.19. The maximum absolute atomic E-state index is 13.2. The number of carboxylic acids is 1. The van der Waals surface area contributed by atoms with Crippen LogP contribution in [0.5, 0.6) is 5.75 Å². The second-order valence-electron chi connectivity index (χ2n) is 7.77. The topological polar surface area (TPSA) is 200 Å². The number of nitrogens with zero attached hydrogens (tertiary/aromatic N) is 1. The molecule has 0 aliphatic heterocycles. The lowest BCUT2D eigenvalue weighted by molar-refractivity contribution is -0.138. The third-order valence-corrected chi connectivity index (χ3v) is 5.65. The minimum atomic E-state index is -1.24. The van der Waals surface area contributed by atoms with Crippen LogP contribution in [0.25, 0.3) is 0 Å². The molecule has 8 N–H and O–H groups in total. The molecule has 1 aromatic heterocycles. The van der Waals surface area contributed by atoms with E-state index < -0.39 is 48.4 Å². The molecule has 0 saturated heterocycles. The molecule has 0 aliphatic rings. The summed E-state index contributed by atoms with van der Waals surface area (Å²) in [5, 5.41) is 25.9. The van der Waals surface area contributed by atoms with Crippen molar-refractivity contribution < 1.29 is 29.4 Å². The maximum atomic E-state index is 13.2. The van der Waals surface area contributed by atoms with Crippen LogP contribution in [0.4, 0.5) is 0 Å². The predicted octanol–water partition coefficient (Wildman–Crippen LogP) is -0.849. The Kier molecular flexibility index (Phi) is 11.0. The summed E-state index contributed by atoms with van der Waals surface area (Å²) in [4.78, 5) is 56.1. The molecule has 2 aromatic rings. The Labute approximate surface area is 206 Å². The van der Waals surface area contributed by atoms with Gasteiger partial charge in [0.15, 0.2) is 0 Å². The molecule has 0 spiro atoms. The Morgan fingerprint density at radius 3 is 2.31 bits per heavy atom. The van der Waals surface area contributed by atoms with Gasteiger partial charge in [0.25, 0.3) is 0 Å². The fraction of sp³-hybridized carbons (Fsp3) is 0.409. The first-order chi connectivity index (χ1) is 16.7. The number of nitrogens with one attached hydrogen (secondary N) is 4. The van der Waals surface area contributed by atoms with Gasteiger partial charge in [-0.05, 0) is 36.1 Å². The summed E-state index contributed by atoms with van der Waals surface area (Å²) in [5.41, 5.74) is 7.13. The van der Waals surface area contributed by atoms with Crippen LogP contribution in [0.1, 0.15) is 17.7 Å². The largest absolute Gasteiger partial charge is 0.508 e. The van der Waals surface area contributed by atoms with Gasteiger partial charge in [0.1, 0.15) is 24.4 Å². The molecule has 1 aromatic carbocycles. The lowest BCUT2D eigenvalue weighted by Gasteiger charge is -2.24. The SMILES string of the molecule is CSCCC(N)C(=O)NC(Cc1cnc[nH]1)C(=O)NC(Cc1ccc(O)cc1)C(=O)NCC(=O)O. The zero-order valence-electron chi connectivity index (χ0n) is 19.2. The van der Waals surface area contributed by atoms with Crippen LogP contribution in [0.2, 0.25) is 0 Å². The average molecular weight is 507 g/mol. The van der Waals surface area contributed by atoms with Crippen molar-refractivity contribution in [3.63, 3.8) is 0 Å². The second-order valence-corrected chi connectivity index (χ2v) is 8.76. The zero-order valence-corrected chi connectivity index (χ0v) is 20.0. The molecule has 0 radical (unpaired) electrons. The third kappa shape index (κ3) is 9.66. The summed E-state index contributed by atoms with van der Waals surface area (Å²) in [7, 11) is 0. The van der Waals surface area contributed by atoms with Crippen molar-refractivity contribution in [3.05, 3.63) is 48.0 Å². The number of aromatic hydroxyl groups is 1. The molecule has 0 aliphatic carbocycles. The molecule has 0 fully saturated rings. The van der Waals surface area contributed by atoms with Gasteiger partial charge >= 0.3 is 5.97 Å². The van der Waals surface area contributed by atoms with E-state index in [0.717, 1.165) is 0 Å². The number of aliphatic carboxylic acids is 1. The number of carbonyl (C=O) groups is 4. The van der Waals surface area contributed by atoms with Crippen molar-refractivity contribution in [1.29, 1.82) is 0 Å². The van der Waals surface area contributed by atoms with Crippen molar-refractivity contribution in [3.8, 4) is 5.75 Å². The number of nitrogens with two attached hydrogens (primary N) is 1. The van der Waals surface area contributed by atoms with Crippen LogP contribution in [0, 0.1) is 0 Å². The van der Waals surface area contributed by atoms with Crippen LogP contribution < -0.4 is 21.7 Å². The molecule has 12 nitrogen and oxygen atoms in total. The van der Waals surface area contributed by atoms with Crippen molar-refractivity contribution in [2.45, 2.75) is 37.4 Å². The quantitative estimate of drug-likeness (QED) is 0.170. The summed E-state index contributed by atoms with van der Waals surface area (Å²) in [6.07, 6.45) is 5.34. The smallest absolute Gasteiger partial charge is 0.322 e. The molecule has 13 heteroatoms. The lowest BCUT2D eigenvalue weighted by atomic mass is 10.0. The first-order valence-electron chi connectivity index (χ1n) is 10.8. The van der Waals surface area contributed by atoms with E-state index in [9.17, 15) is 24.3 Å². The molecule has 0 bridgehead atoms. The molecule has 3 amide bonds. The number of carboxylic acid groups (broad SMARTS) is 1. The average Bonchev–Trinajstić information content (AvgIpc) is 3.34. The highest BCUT2D eigenvalue weighted by molar-refractivity contribution is 7.98. The van der Waals surface area contributed by atoms with Gasteiger partial charge in [-0.2, -0.15) is 11.8 Å². The third-order valence-electron chi connectivity index (χ3n) is 5.00. The Hall–Kier alpha value is -3.58. The number of phenols is 1. The number of hydrogen-bond donors (Lipinski definition) is 7. The van der Waals surface area contributed by atoms with Crippen LogP contribution in [0.3, 0.4) is 0 Å². The van der Waals surface area contributed by atoms with Gasteiger partial charge in [-0.3, -0.25) is 19.2 Å². The predicted molar refractivity (Wildman–Crippen MR) is 130 cm³/mol. The standard InChI is InChI=1S/C22H30N6O6S/c1-35-7-6-16(23)20(32)27-18(9-14-10-24-12-26-14)22(34)28-17(21(33)25-11-19(30)31)8-13-2-4-15(29)5-3-13/h2-5,10,12,16-18,29H,6-9,11,23H2,1H3,(H,24,26)(H,25,33)(H,27,32)(H,28,34)(H,30,31). The first-order valence-corrected chi connectivity index (χ1v) is 12.2. The Morgan fingerprint density at radius 2 is 1.71 bits per heavy atom. The fourth-order valence-corrected chi connectivity index (χ4v) is 3.61. The lowest BCUT2D eigenvalue weighted by Crippen LogP contribution is -2.57. The van der Waals surface area contributed by atoms with Crippen molar-refractivity contribution in [2.24, 2.45) is 5.73 Å². The van der Waals surface area contributed by atoms with Crippen molar-refractivity contribution in [2.75, 3.05) is 18.6 Å². The fourth-order valence-electron chi connectivity index (χ4n) is 3.12. The van der Waals surface area contributed by atoms with E-state index in [2.05, 4.69) is 25.9 Å². The van der Waals surface area contributed by atoms with Crippen LogP contribution in [-0.2, 0) is 32.0 Å². The van der Waals surface area contributed by atoms with Crippen LogP contribution in [0.15, 0.2) is 36.8 Å². The molecule has 3 atom stereocenters. The summed E-state index contributed by atoms with van der Waals surface area (Å²) >= 11 is 1.54. The monoisotopic (exact) mass is 506 g/mol. The van der Waals surface area contributed by atoms with Gasteiger partial charge in [0.05, 0.1) is 12.4 Å². The first kappa shape index (κ1) is 27.7. The number of rotatable bonds is 14. The van der Waals surface area contributed by atoms with Crippen LogP contribution in [-0.4, -0.2) is 80.6 Å². The molecular formula is C22H30N6O6S. The van der Waals surface area contributed by atoms with Gasteiger partial charge in [0, 0.05) is 24.7 Å². The maximum Gasteiger partial charge on any atom is 0.322 e. The van der Waals surface area contributed by atoms with Gasteiger partial charge in [-0.1, -0.05) is 12.1 Å². The molecule has 190 valence electrons. The number of benzene rings is 1. The van der Waals surface area contributed by atoms with E-state index in [4.69, 9.17) is 10.8 Å². The van der Waals surface area contributed by atoms with E-state index in [0.29, 0.717) is 23.4 Å². The normalized spacial score (nSPS) is 13.3.